The second-order valence-corrected chi connectivity index (χ2v) is 11.3. The SMILES string of the molecule is Cc1nc2c(F)cc(-c3nc(Nc4ccc(N5CCN(C(=O)CCCCCC(=O)NO)CC5)cn4)ncc3F)cc2n1C(C)C. The first-order valence-electron chi connectivity index (χ1n) is 15.0. The van der Waals surface area contributed by atoms with Crippen LogP contribution in [0.2, 0.25) is 0 Å². The predicted molar refractivity (Wildman–Crippen MR) is 165 cm³/mol. The number of fused-ring (bicyclic) bond motifs is 1. The van der Waals surface area contributed by atoms with Crippen molar-refractivity contribution < 1.29 is 23.6 Å². The first kappa shape index (κ1) is 31.7. The Balaban J connectivity index is 1.19. The fraction of sp³-hybridized carbons (Fsp3) is 0.419. The number of rotatable bonds is 11. The number of aryl methyl sites for hydroxylation is 1. The van der Waals surface area contributed by atoms with Crippen molar-refractivity contribution in [1.29, 1.82) is 0 Å². The highest BCUT2D eigenvalue weighted by atomic mass is 19.1. The van der Waals surface area contributed by atoms with Crippen molar-refractivity contribution in [2.24, 2.45) is 0 Å². The van der Waals surface area contributed by atoms with Crippen LogP contribution in [0.25, 0.3) is 22.3 Å². The molecule has 3 N–H and O–H groups in total. The molecule has 14 heteroatoms. The van der Waals surface area contributed by atoms with Gasteiger partial charge < -0.3 is 19.7 Å². The summed E-state index contributed by atoms with van der Waals surface area (Å²) in [5.41, 5.74) is 3.54. The molecule has 1 aliphatic rings. The molecular formula is C31H37F2N9O3. The highest BCUT2D eigenvalue weighted by molar-refractivity contribution is 5.83. The number of hydrogen-bond acceptors (Lipinski definition) is 9. The van der Waals surface area contributed by atoms with Crippen LogP contribution in [0.1, 0.15) is 57.8 Å². The lowest BCUT2D eigenvalue weighted by Crippen LogP contribution is -2.48. The van der Waals surface area contributed by atoms with Crippen LogP contribution < -0.4 is 15.7 Å². The van der Waals surface area contributed by atoms with E-state index in [0.717, 1.165) is 18.3 Å². The number of piperazine rings is 1. The minimum atomic E-state index is -0.681. The molecule has 0 saturated carbocycles. The van der Waals surface area contributed by atoms with Crippen LogP contribution in [0.4, 0.5) is 26.2 Å². The summed E-state index contributed by atoms with van der Waals surface area (Å²) >= 11 is 0. The lowest BCUT2D eigenvalue weighted by atomic mass is 10.1. The predicted octanol–water partition coefficient (Wildman–Crippen LogP) is 4.90. The number of carbonyl (C=O) groups excluding carboxylic acids is 2. The Kier molecular flexibility index (Phi) is 9.81. The maximum atomic E-state index is 15.0. The third kappa shape index (κ3) is 7.33. The van der Waals surface area contributed by atoms with Crippen molar-refractivity contribution >= 4 is 40.3 Å². The number of carbonyl (C=O) groups is 2. The van der Waals surface area contributed by atoms with E-state index in [1.165, 1.54) is 6.07 Å². The molecule has 3 aromatic heterocycles. The molecule has 4 aromatic rings. The molecule has 2 amide bonds. The first-order valence-corrected chi connectivity index (χ1v) is 15.0. The van der Waals surface area contributed by atoms with Crippen molar-refractivity contribution in [2.75, 3.05) is 36.4 Å². The number of aromatic nitrogens is 5. The van der Waals surface area contributed by atoms with Gasteiger partial charge in [0.05, 0.1) is 23.6 Å². The Hall–Kier alpha value is -4.72. The minimum absolute atomic E-state index is 0.0363. The van der Waals surface area contributed by atoms with Gasteiger partial charge in [0, 0.05) is 50.6 Å². The van der Waals surface area contributed by atoms with E-state index in [4.69, 9.17) is 5.21 Å². The largest absolute Gasteiger partial charge is 0.367 e. The Bertz CT molecular complexity index is 1670. The van der Waals surface area contributed by atoms with E-state index in [1.54, 1.807) is 23.8 Å². The van der Waals surface area contributed by atoms with Crippen molar-refractivity contribution in [3.05, 3.63) is 54.1 Å². The summed E-state index contributed by atoms with van der Waals surface area (Å²) in [6.45, 7) is 8.28. The van der Waals surface area contributed by atoms with Gasteiger partial charge in [0.2, 0.25) is 17.8 Å². The van der Waals surface area contributed by atoms with Crippen molar-refractivity contribution in [2.45, 2.75) is 58.9 Å². The van der Waals surface area contributed by atoms with Crippen LogP contribution in [0.15, 0.2) is 36.7 Å². The summed E-state index contributed by atoms with van der Waals surface area (Å²) in [7, 11) is 0. The number of hydroxylamine groups is 1. The quantitative estimate of drug-likeness (QED) is 0.121. The summed E-state index contributed by atoms with van der Waals surface area (Å²) < 4.78 is 31.8. The average Bonchev–Trinajstić information content (AvgIpc) is 3.38. The molecule has 0 atom stereocenters. The Morgan fingerprint density at radius 1 is 0.956 bits per heavy atom. The van der Waals surface area contributed by atoms with Crippen molar-refractivity contribution in [3.63, 3.8) is 0 Å². The summed E-state index contributed by atoms with van der Waals surface area (Å²) in [5.74, 6) is -0.312. The van der Waals surface area contributed by atoms with Gasteiger partial charge in [0.25, 0.3) is 0 Å². The number of amides is 2. The highest BCUT2D eigenvalue weighted by Gasteiger charge is 2.22. The molecule has 0 unspecified atom stereocenters. The third-order valence-electron chi connectivity index (χ3n) is 7.86. The van der Waals surface area contributed by atoms with E-state index in [9.17, 15) is 14.0 Å². The standard InChI is InChI=1S/C31H37F2N9O3/c1-19(2)42-20(3)36-30-23(32)15-21(16-25(30)42)29-24(33)18-35-31(38-29)37-26-10-9-22(17-34-26)40-11-13-41(14-12-40)28(44)8-6-4-5-7-27(43)39-45/h9-10,15-19,45H,4-8,11-14H2,1-3H3,(H,39,43)(H,34,35,37,38). The number of halogens is 2. The number of anilines is 3. The Morgan fingerprint density at radius 3 is 2.40 bits per heavy atom. The number of nitrogens with one attached hydrogen (secondary N) is 2. The lowest BCUT2D eigenvalue weighted by molar-refractivity contribution is -0.131. The second kappa shape index (κ2) is 13.9. The number of nitrogens with zero attached hydrogens (tertiary/aromatic N) is 7. The Morgan fingerprint density at radius 2 is 1.71 bits per heavy atom. The van der Waals surface area contributed by atoms with Crippen LogP contribution in [0, 0.1) is 18.6 Å². The van der Waals surface area contributed by atoms with Gasteiger partial charge in [-0.3, -0.25) is 14.8 Å². The summed E-state index contributed by atoms with van der Waals surface area (Å²) in [4.78, 5) is 44.8. The molecular weight excluding hydrogens is 584 g/mol. The minimum Gasteiger partial charge on any atom is -0.367 e. The maximum absolute atomic E-state index is 15.0. The van der Waals surface area contributed by atoms with E-state index in [-0.39, 0.29) is 41.1 Å². The zero-order valence-corrected chi connectivity index (χ0v) is 25.6. The molecule has 1 aliphatic heterocycles. The zero-order valence-electron chi connectivity index (χ0n) is 25.6. The van der Waals surface area contributed by atoms with E-state index < -0.39 is 17.5 Å². The van der Waals surface area contributed by atoms with Crippen LogP contribution >= 0.6 is 0 Å². The smallest absolute Gasteiger partial charge is 0.243 e. The molecule has 12 nitrogen and oxygen atoms in total. The second-order valence-electron chi connectivity index (χ2n) is 11.3. The third-order valence-corrected chi connectivity index (χ3v) is 7.86. The average molecular weight is 622 g/mol. The van der Waals surface area contributed by atoms with Crippen LogP contribution in [0.5, 0.6) is 0 Å². The zero-order chi connectivity index (χ0) is 32.1. The van der Waals surface area contributed by atoms with Gasteiger partial charge in [-0.25, -0.2) is 34.2 Å². The first-order chi connectivity index (χ1) is 21.6. The highest BCUT2D eigenvalue weighted by Crippen LogP contribution is 2.30. The molecule has 0 bridgehead atoms. The molecule has 0 radical (unpaired) electrons. The van der Waals surface area contributed by atoms with Gasteiger partial charge in [0.1, 0.15) is 22.9 Å². The van der Waals surface area contributed by atoms with Crippen LogP contribution in [-0.4, -0.2) is 72.6 Å². The van der Waals surface area contributed by atoms with Crippen LogP contribution in [0.3, 0.4) is 0 Å². The lowest BCUT2D eigenvalue weighted by Gasteiger charge is -2.36. The van der Waals surface area contributed by atoms with Gasteiger partial charge in [-0.15, -0.1) is 0 Å². The number of unbranched alkanes of at least 4 members (excludes halogenated alkanes) is 2. The van der Waals surface area contributed by atoms with Gasteiger partial charge >= 0.3 is 0 Å². The molecule has 45 heavy (non-hydrogen) atoms. The van der Waals surface area contributed by atoms with Gasteiger partial charge in [-0.05, 0) is 57.9 Å². The van der Waals surface area contributed by atoms with Crippen molar-refractivity contribution in [3.8, 4) is 11.3 Å². The topological polar surface area (TPSA) is 141 Å². The Labute approximate surface area is 259 Å². The number of imidazole rings is 1. The molecule has 1 aromatic carbocycles. The normalized spacial score (nSPS) is 13.5. The molecule has 1 fully saturated rings. The maximum Gasteiger partial charge on any atom is 0.243 e. The van der Waals surface area contributed by atoms with Gasteiger partial charge in [0.15, 0.2) is 11.6 Å². The number of hydrogen-bond donors (Lipinski definition) is 3. The molecule has 4 heterocycles. The molecule has 0 aliphatic carbocycles. The van der Waals surface area contributed by atoms with Gasteiger partial charge in [-0.1, -0.05) is 6.42 Å². The number of benzene rings is 1. The fourth-order valence-corrected chi connectivity index (χ4v) is 5.62. The molecule has 238 valence electrons. The molecule has 5 rings (SSSR count). The summed E-state index contributed by atoms with van der Waals surface area (Å²) in [6, 6.07) is 6.63. The van der Waals surface area contributed by atoms with Gasteiger partial charge in [-0.2, -0.15) is 0 Å². The van der Waals surface area contributed by atoms with E-state index in [0.29, 0.717) is 62.6 Å². The number of pyridine rings is 1. The summed E-state index contributed by atoms with van der Waals surface area (Å²) in [5, 5.41) is 11.5. The fourth-order valence-electron chi connectivity index (χ4n) is 5.62. The molecule has 1 saturated heterocycles. The van der Waals surface area contributed by atoms with E-state index in [2.05, 4.69) is 30.2 Å². The van der Waals surface area contributed by atoms with E-state index in [1.807, 2.05) is 36.3 Å². The van der Waals surface area contributed by atoms with E-state index >= 15 is 4.39 Å². The molecule has 0 spiro atoms. The summed E-state index contributed by atoms with van der Waals surface area (Å²) in [6.07, 6.45) is 5.50. The van der Waals surface area contributed by atoms with Crippen molar-refractivity contribution in [1.82, 2.24) is 34.9 Å². The monoisotopic (exact) mass is 621 g/mol. The van der Waals surface area contributed by atoms with Crippen LogP contribution in [-0.2, 0) is 9.59 Å².